The van der Waals surface area contributed by atoms with Crippen LogP contribution in [0.15, 0.2) is 42.5 Å². The molecule has 0 atom stereocenters. The fourth-order valence-electron chi connectivity index (χ4n) is 2.14. The molecule has 0 N–H and O–H groups in total. The van der Waals surface area contributed by atoms with E-state index in [4.69, 9.17) is 0 Å². The average Bonchev–Trinajstić information content (AvgIpc) is 2.44. The van der Waals surface area contributed by atoms with Crippen LogP contribution in [0.4, 0.5) is 35.1 Å². The van der Waals surface area contributed by atoms with Gasteiger partial charge in [0.2, 0.25) is 0 Å². The summed E-state index contributed by atoms with van der Waals surface area (Å²) in [7, 11) is 0. The number of rotatable bonds is 2. The van der Waals surface area contributed by atoms with Crippen LogP contribution in [0.2, 0.25) is 0 Å². The molecule has 0 fully saturated rings. The molecule has 2 rings (SSSR count). The molecule has 8 heteroatoms. The summed E-state index contributed by atoms with van der Waals surface area (Å²) in [5.74, 6) is 0. The molecule has 0 nitrogen and oxygen atoms in total. The van der Waals surface area contributed by atoms with Crippen LogP contribution in [0.25, 0.3) is 11.1 Å². The van der Waals surface area contributed by atoms with Gasteiger partial charge in [0.1, 0.15) is 0 Å². The zero-order chi connectivity index (χ0) is 17.4. The highest BCUT2D eigenvalue weighted by atomic mass is 19.4. The van der Waals surface area contributed by atoms with Crippen LogP contribution < -0.4 is 0 Å². The minimum absolute atomic E-state index is 0.153. The van der Waals surface area contributed by atoms with Crippen LogP contribution >= 0.6 is 0 Å². The smallest absolute Gasteiger partial charge is 0.205 e. The summed E-state index contributed by atoms with van der Waals surface area (Å²) in [4.78, 5) is 0. The highest BCUT2D eigenvalue weighted by Gasteiger charge is 2.37. The van der Waals surface area contributed by atoms with Gasteiger partial charge in [0.15, 0.2) is 0 Å². The van der Waals surface area contributed by atoms with Crippen molar-refractivity contribution >= 4 is 0 Å². The predicted octanol–water partition coefficient (Wildman–Crippen LogP) is 6.33. The first-order valence-corrected chi connectivity index (χ1v) is 6.17. The number of hydrogen-bond acceptors (Lipinski definition) is 0. The van der Waals surface area contributed by atoms with E-state index in [1.54, 1.807) is 0 Å². The van der Waals surface area contributed by atoms with E-state index >= 15 is 0 Å². The van der Waals surface area contributed by atoms with Crippen molar-refractivity contribution in [2.75, 3.05) is 0 Å². The molecule has 0 saturated heterocycles. The minimum Gasteiger partial charge on any atom is -0.205 e. The summed E-state index contributed by atoms with van der Waals surface area (Å²) in [5, 5.41) is 0. The molecule has 0 aliphatic heterocycles. The van der Waals surface area contributed by atoms with Gasteiger partial charge in [0.05, 0.1) is 11.1 Å². The van der Waals surface area contributed by atoms with E-state index in [-0.39, 0.29) is 5.56 Å². The number of hydrogen-bond donors (Lipinski definition) is 0. The van der Waals surface area contributed by atoms with Crippen molar-refractivity contribution in [1.29, 1.82) is 0 Å². The van der Waals surface area contributed by atoms with E-state index in [0.717, 1.165) is 24.3 Å². The van der Waals surface area contributed by atoms with E-state index in [9.17, 15) is 35.1 Å². The normalized spacial score (nSPS) is 12.7. The second kappa shape index (κ2) is 5.82. The van der Waals surface area contributed by atoms with Crippen molar-refractivity contribution in [3.05, 3.63) is 59.2 Å². The van der Waals surface area contributed by atoms with E-state index in [1.807, 2.05) is 0 Å². The Morgan fingerprint density at radius 3 is 1.70 bits per heavy atom. The fourth-order valence-corrected chi connectivity index (χ4v) is 2.14. The SMILES string of the molecule is FC(F)c1c(-c2ccc(C(F)(F)F)cc2)cccc1C(F)(F)F. The van der Waals surface area contributed by atoms with Gasteiger partial charge in [0.25, 0.3) is 6.43 Å². The van der Waals surface area contributed by atoms with Crippen LogP contribution in [-0.4, -0.2) is 0 Å². The third kappa shape index (κ3) is 3.62. The molecule has 0 unspecified atom stereocenters. The first-order valence-electron chi connectivity index (χ1n) is 6.17. The Hall–Kier alpha value is -2.12. The van der Waals surface area contributed by atoms with Gasteiger partial charge >= 0.3 is 12.4 Å². The highest BCUT2D eigenvalue weighted by Crippen LogP contribution is 2.41. The van der Waals surface area contributed by atoms with Gasteiger partial charge in [-0.05, 0) is 29.3 Å². The topological polar surface area (TPSA) is 0 Å². The third-order valence-corrected chi connectivity index (χ3v) is 3.15. The molecule has 0 saturated carbocycles. The lowest BCUT2D eigenvalue weighted by molar-refractivity contribution is -0.139. The second-order valence-corrected chi connectivity index (χ2v) is 4.64. The molecule has 0 aliphatic rings. The summed E-state index contributed by atoms with van der Waals surface area (Å²) < 4.78 is 102. The largest absolute Gasteiger partial charge is 0.416 e. The summed E-state index contributed by atoms with van der Waals surface area (Å²) in [5.41, 5.74) is -4.39. The lowest BCUT2D eigenvalue weighted by atomic mass is 9.94. The van der Waals surface area contributed by atoms with Crippen molar-refractivity contribution in [2.24, 2.45) is 0 Å². The Balaban J connectivity index is 2.60. The van der Waals surface area contributed by atoms with Gasteiger partial charge in [0, 0.05) is 5.56 Å². The first-order chi connectivity index (χ1) is 10.5. The van der Waals surface area contributed by atoms with E-state index in [0.29, 0.717) is 18.2 Å². The molecule has 0 radical (unpaired) electrons. The lowest BCUT2D eigenvalue weighted by Crippen LogP contribution is -2.10. The van der Waals surface area contributed by atoms with E-state index in [2.05, 4.69) is 0 Å². The molecular formula is C15H8F8. The maximum absolute atomic E-state index is 13.1. The molecule has 2 aromatic carbocycles. The Labute approximate surface area is 125 Å². The monoisotopic (exact) mass is 340 g/mol. The standard InChI is InChI=1S/C15H8F8/c16-13(17)12-10(2-1-3-11(12)15(21,22)23)8-4-6-9(7-5-8)14(18,19)20/h1-7,13H. The van der Waals surface area contributed by atoms with Gasteiger partial charge < -0.3 is 0 Å². The zero-order valence-corrected chi connectivity index (χ0v) is 11.1. The highest BCUT2D eigenvalue weighted by molar-refractivity contribution is 5.69. The van der Waals surface area contributed by atoms with Crippen molar-refractivity contribution in [2.45, 2.75) is 18.8 Å². The van der Waals surface area contributed by atoms with Crippen LogP contribution in [0, 0.1) is 0 Å². The van der Waals surface area contributed by atoms with Gasteiger partial charge in [-0.3, -0.25) is 0 Å². The molecule has 0 aromatic heterocycles. The Morgan fingerprint density at radius 2 is 1.26 bits per heavy atom. The van der Waals surface area contributed by atoms with Crippen LogP contribution in [0.5, 0.6) is 0 Å². The lowest BCUT2D eigenvalue weighted by Gasteiger charge is -2.17. The summed E-state index contributed by atoms with van der Waals surface area (Å²) in [6.07, 6.45) is -13.0. The number of halogens is 8. The van der Waals surface area contributed by atoms with Crippen LogP contribution in [0.3, 0.4) is 0 Å². The molecule has 0 spiro atoms. The molecule has 0 bridgehead atoms. The third-order valence-electron chi connectivity index (χ3n) is 3.15. The summed E-state index contributed by atoms with van der Waals surface area (Å²) in [6, 6.07) is 5.44. The number of benzene rings is 2. The molecule has 0 amide bonds. The van der Waals surface area contributed by atoms with E-state index in [1.165, 1.54) is 0 Å². The quantitative estimate of drug-likeness (QED) is 0.561. The first kappa shape index (κ1) is 17.2. The minimum atomic E-state index is -4.99. The molecule has 0 heterocycles. The van der Waals surface area contributed by atoms with Crippen LogP contribution in [0.1, 0.15) is 23.1 Å². The van der Waals surface area contributed by atoms with Crippen molar-refractivity contribution < 1.29 is 35.1 Å². The Bertz CT molecular complexity index is 680. The second-order valence-electron chi connectivity index (χ2n) is 4.64. The average molecular weight is 340 g/mol. The predicted molar refractivity (Wildman–Crippen MR) is 66.8 cm³/mol. The molecule has 124 valence electrons. The van der Waals surface area contributed by atoms with Crippen molar-refractivity contribution in [1.82, 2.24) is 0 Å². The van der Waals surface area contributed by atoms with Crippen LogP contribution in [-0.2, 0) is 12.4 Å². The molecular weight excluding hydrogens is 332 g/mol. The summed E-state index contributed by atoms with van der Waals surface area (Å²) >= 11 is 0. The van der Waals surface area contributed by atoms with Gasteiger partial charge in [-0.15, -0.1) is 0 Å². The molecule has 2 aromatic rings. The maximum Gasteiger partial charge on any atom is 0.416 e. The summed E-state index contributed by atoms with van der Waals surface area (Å²) in [6.45, 7) is 0. The van der Waals surface area contributed by atoms with Crippen molar-refractivity contribution in [3.63, 3.8) is 0 Å². The maximum atomic E-state index is 13.1. The Morgan fingerprint density at radius 1 is 0.696 bits per heavy atom. The molecule has 23 heavy (non-hydrogen) atoms. The zero-order valence-electron chi connectivity index (χ0n) is 11.1. The van der Waals surface area contributed by atoms with Gasteiger partial charge in [-0.1, -0.05) is 24.3 Å². The van der Waals surface area contributed by atoms with Gasteiger partial charge in [-0.2, -0.15) is 26.3 Å². The number of alkyl halides is 8. The van der Waals surface area contributed by atoms with E-state index < -0.39 is 41.0 Å². The Kier molecular flexibility index (Phi) is 4.37. The fraction of sp³-hybridized carbons (Fsp3) is 0.200. The van der Waals surface area contributed by atoms with Crippen molar-refractivity contribution in [3.8, 4) is 11.1 Å². The van der Waals surface area contributed by atoms with Gasteiger partial charge in [-0.25, -0.2) is 8.78 Å². The molecule has 0 aliphatic carbocycles.